The molecule has 134 valence electrons. The zero-order chi connectivity index (χ0) is 17.8. The van der Waals surface area contributed by atoms with E-state index < -0.39 is 0 Å². The van der Waals surface area contributed by atoms with Crippen molar-refractivity contribution in [2.24, 2.45) is 4.99 Å². The summed E-state index contributed by atoms with van der Waals surface area (Å²) >= 11 is 0. The van der Waals surface area contributed by atoms with E-state index in [1.165, 1.54) is 12.1 Å². The number of guanidine groups is 1. The van der Waals surface area contributed by atoms with Crippen molar-refractivity contribution in [1.82, 2.24) is 16.0 Å². The molecule has 0 aromatic heterocycles. The van der Waals surface area contributed by atoms with E-state index in [9.17, 15) is 9.18 Å². The second kappa shape index (κ2) is 11.4. The molecule has 5 nitrogen and oxygen atoms in total. The standard InChI is InChI=1S/C18H29FN4O/c1-4-14(3)23-17(24)11-13-22-18(20-5-2)21-12-10-15-6-8-16(19)9-7-15/h6-9,14H,4-5,10-13H2,1-3H3,(H,23,24)(H2,20,21,22). The molecule has 1 rings (SSSR count). The minimum Gasteiger partial charge on any atom is -0.357 e. The van der Waals surface area contributed by atoms with Crippen LogP contribution in [0.15, 0.2) is 29.3 Å². The number of carbonyl (C=O) groups excluding carboxylic acids is 1. The van der Waals surface area contributed by atoms with Gasteiger partial charge in [0.15, 0.2) is 5.96 Å². The van der Waals surface area contributed by atoms with E-state index in [1.54, 1.807) is 12.1 Å². The number of nitrogens with zero attached hydrogens (tertiary/aromatic N) is 1. The van der Waals surface area contributed by atoms with E-state index in [4.69, 9.17) is 0 Å². The summed E-state index contributed by atoms with van der Waals surface area (Å²) in [6.07, 6.45) is 2.07. The number of nitrogens with one attached hydrogen (secondary N) is 3. The third-order valence-corrected chi connectivity index (χ3v) is 3.59. The Hall–Kier alpha value is -2.11. The Morgan fingerprint density at radius 2 is 1.92 bits per heavy atom. The molecule has 1 amide bonds. The number of hydrogen-bond donors (Lipinski definition) is 3. The van der Waals surface area contributed by atoms with Crippen LogP contribution in [0.1, 0.15) is 39.2 Å². The zero-order valence-electron chi connectivity index (χ0n) is 14.9. The maximum Gasteiger partial charge on any atom is 0.222 e. The van der Waals surface area contributed by atoms with Crippen molar-refractivity contribution in [3.05, 3.63) is 35.6 Å². The third kappa shape index (κ3) is 8.50. The Bertz CT molecular complexity index is 516. The molecule has 0 radical (unpaired) electrons. The Kier molecular flexibility index (Phi) is 9.49. The van der Waals surface area contributed by atoms with Gasteiger partial charge in [-0.3, -0.25) is 9.79 Å². The number of hydrogen-bond acceptors (Lipinski definition) is 2. The average Bonchev–Trinajstić information content (AvgIpc) is 2.56. The minimum absolute atomic E-state index is 0.0234. The van der Waals surface area contributed by atoms with Crippen LogP contribution in [0.25, 0.3) is 0 Å². The van der Waals surface area contributed by atoms with Crippen molar-refractivity contribution in [3.8, 4) is 0 Å². The Labute approximate surface area is 144 Å². The summed E-state index contributed by atoms with van der Waals surface area (Å²) in [5.41, 5.74) is 1.06. The first-order valence-corrected chi connectivity index (χ1v) is 8.61. The summed E-state index contributed by atoms with van der Waals surface area (Å²) < 4.78 is 12.9. The lowest BCUT2D eigenvalue weighted by atomic mass is 10.1. The van der Waals surface area contributed by atoms with Gasteiger partial charge in [0.1, 0.15) is 5.82 Å². The molecule has 0 bridgehead atoms. The van der Waals surface area contributed by atoms with E-state index in [1.807, 2.05) is 20.8 Å². The molecule has 0 saturated heterocycles. The van der Waals surface area contributed by atoms with Crippen molar-refractivity contribution in [2.75, 3.05) is 19.6 Å². The highest BCUT2D eigenvalue weighted by Crippen LogP contribution is 2.02. The molecule has 0 saturated carbocycles. The van der Waals surface area contributed by atoms with Crippen molar-refractivity contribution in [1.29, 1.82) is 0 Å². The van der Waals surface area contributed by atoms with Gasteiger partial charge in [-0.15, -0.1) is 0 Å². The molecule has 0 aliphatic heterocycles. The van der Waals surface area contributed by atoms with Crippen LogP contribution in [0, 0.1) is 5.82 Å². The average molecular weight is 336 g/mol. The summed E-state index contributed by atoms with van der Waals surface area (Å²) in [6, 6.07) is 6.68. The van der Waals surface area contributed by atoms with Gasteiger partial charge < -0.3 is 16.0 Å². The number of rotatable bonds is 9. The fourth-order valence-electron chi connectivity index (χ4n) is 2.04. The van der Waals surface area contributed by atoms with Gasteiger partial charge in [-0.25, -0.2) is 4.39 Å². The van der Waals surface area contributed by atoms with Crippen LogP contribution in [0.5, 0.6) is 0 Å². The minimum atomic E-state index is -0.225. The molecular weight excluding hydrogens is 307 g/mol. The molecular formula is C18H29FN4O. The number of aliphatic imine (C=N–C) groups is 1. The van der Waals surface area contributed by atoms with Crippen molar-refractivity contribution in [3.63, 3.8) is 0 Å². The van der Waals surface area contributed by atoms with Crippen LogP contribution in [0.3, 0.4) is 0 Å². The highest BCUT2D eigenvalue weighted by molar-refractivity contribution is 5.80. The maximum absolute atomic E-state index is 12.9. The molecule has 0 aliphatic carbocycles. The number of amides is 1. The largest absolute Gasteiger partial charge is 0.357 e. The Morgan fingerprint density at radius 1 is 1.21 bits per heavy atom. The molecule has 1 aromatic carbocycles. The fourth-order valence-corrected chi connectivity index (χ4v) is 2.04. The third-order valence-electron chi connectivity index (χ3n) is 3.59. The zero-order valence-corrected chi connectivity index (χ0v) is 14.9. The lowest BCUT2D eigenvalue weighted by Gasteiger charge is -2.12. The predicted octanol–water partition coefficient (Wildman–Crippen LogP) is 2.23. The van der Waals surface area contributed by atoms with Gasteiger partial charge >= 0.3 is 0 Å². The molecule has 3 N–H and O–H groups in total. The molecule has 0 aliphatic rings. The van der Waals surface area contributed by atoms with Crippen LogP contribution in [0.2, 0.25) is 0 Å². The van der Waals surface area contributed by atoms with Crippen molar-refractivity contribution < 1.29 is 9.18 Å². The Morgan fingerprint density at radius 3 is 2.54 bits per heavy atom. The van der Waals surface area contributed by atoms with Crippen molar-refractivity contribution >= 4 is 11.9 Å². The van der Waals surface area contributed by atoms with Gasteiger partial charge in [0.05, 0.1) is 6.54 Å². The van der Waals surface area contributed by atoms with Crippen LogP contribution in [0.4, 0.5) is 4.39 Å². The first kappa shape index (κ1) is 19.9. The van der Waals surface area contributed by atoms with E-state index in [0.717, 1.165) is 24.9 Å². The molecule has 1 aromatic rings. The van der Waals surface area contributed by atoms with Gasteiger partial charge in [0.2, 0.25) is 5.91 Å². The lowest BCUT2D eigenvalue weighted by Crippen LogP contribution is -2.38. The van der Waals surface area contributed by atoms with E-state index in [2.05, 4.69) is 20.9 Å². The SMILES string of the molecule is CCNC(=NCCC(=O)NC(C)CC)NCCc1ccc(F)cc1. The quantitative estimate of drug-likeness (QED) is 0.479. The summed E-state index contributed by atoms with van der Waals surface area (Å²) in [5, 5.41) is 9.30. The van der Waals surface area contributed by atoms with E-state index in [-0.39, 0.29) is 17.8 Å². The second-order valence-corrected chi connectivity index (χ2v) is 5.69. The smallest absolute Gasteiger partial charge is 0.222 e. The van der Waals surface area contributed by atoms with Crippen molar-refractivity contribution in [2.45, 2.75) is 46.1 Å². The topological polar surface area (TPSA) is 65.5 Å². The second-order valence-electron chi connectivity index (χ2n) is 5.69. The van der Waals surface area contributed by atoms with E-state index >= 15 is 0 Å². The fraction of sp³-hybridized carbons (Fsp3) is 0.556. The number of benzene rings is 1. The molecule has 1 atom stereocenters. The predicted molar refractivity (Wildman–Crippen MR) is 96.6 cm³/mol. The maximum atomic E-state index is 12.9. The van der Waals surface area contributed by atoms with Gasteiger partial charge in [0.25, 0.3) is 0 Å². The number of carbonyl (C=O) groups is 1. The first-order valence-electron chi connectivity index (χ1n) is 8.61. The van der Waals surface area contributed by atoms with Crippen LogP contribution >= 0.6 is 0 Å². The van der Waals surface area contributed by atoms with Gasteiger partial charge in [-0.1, -0.05) is 19.1 Å². The monoisotopic (exact) mass is 336 g/mol. The van der Waals surface area contributed by atoms with E-state index in [0.29, 0.717) is 25.5 Å². The summed E-state index contributed by atoms with van der Waals surface area (Å²) in [4.78, 5) is 16.1. The molecule has 0 spiro atoms. The molecule has 6 heteroatoms. The summed E-state index contributed by atoms with van der Waals surface area (Å²) in [5.74, 6) is 0.489. The molecule has 24 heavy (non-hydrogen) atoms. The Balaban J connectivity index is 2.36. The normalized spacial score (nSPS) is 12.6. The van der Waals surface area contributed by atoms with Crippen LogP contribution in [-0.2, 0) is 11.2 Å². The van der Waals surface area contributed by atoms with Gasteiger partial charge in [-0.05, 0) is 44.4 Å². The van der Waals surface area contributed by atoms with Crippen LogP contribution in [-0.4, -0.2) is 37.5 Å². The summed E-state index contributed by atoms with van der Waals surface area (Å²) in [7, 11) is 0. The molecule has 0 fully saturated rings. The lowest BCUT2D eigenvalue weighted by molar-refractivity contribution is -0.121. The van der Waals surface area contributed by atoms with Crippen LogP contribution < -0.4 is 16.0 Å². The molecule has 1 unspecified atom stereocenters. The van der Waals surface area contributed by atoms with Gasteiger partial charge in [-0.2, -0.15) is 0 Å². The highest BCUT2D eigenvalue weighted by atomic mass is 19.1. The number of halogens is 1. The highest BCUT2D eigenvalue weighted by Gasteiger charge is 2.05. The first-order chi connectivity index (χ1) is 11.5. The molecule has 0 heterocycles. The summed E-state index contributed by atoms with van der Waals surface area (Å²) in [6.45, 7) is 7.90. The van der Waals surface area contributed by atoms with Gasteiger partial charge in [0, 0.05) is 25.6 Å².